The van der Waals surface area contributed by atoms with E-state index in [1.807, 2.05) is 6.92 Å². The van der Waals surface area contributed by atoms with Gasteiger partial charge in [-0.2, -0.15) is 0 Å². The lowest BCUT2D eigenvalue weighted by atomic mass is 10.3. The number of aliphatic imine (C=N–C) groups is 1. The van der Waals surface area contributed by atoms with Gasteiger partial charge < -0.3 is 24.3 Å². The fourth-order valence-electron chi connectivity index (χ4n) is 2.46. The number of ether oxygens (including phenoxy) is 1. The molecule has 1 saturated heterocycles. The van der Waals surface area contributed by atoms with Crippen LogP contribution in [0.15, 0.2) is 27.8 Å². The monoisotopic (exact) mass is 336 g/mol. The third-order valence-corrected chi connectivity index (χ3v) is 3.74. The number of piperazine rings is 1. The van der Waals surface area contributed by atoms with Crippen molar-refractivity contribution in [2.75, 3.05) is 46.4 Å². The Hall–Kier alpha value is -2.51. The molecule has 0 bridgehead atoms. The van der Waals surface area contributed by atoms with Crippen LogP contribution < -0.4 is 5.32 Å². The standard InChI is InChI=1S/C16H24N4O4/c1-3-17-16(18-7-6-14(21)23-2)20-10-8-19(9-11-20)15(22)13-5-4-12-24-13/h4-5,12H,3,6-11H2,1-2H3,(H,17,18). The maximum absolute atomic E-state index is 12.3. The van der Waals surface area contributed by atoms with E-state index in [9.17, 15) is 9.59 Å². The Bertz CT molecular complexity index is 563. The highest BCUT2D eigenvalue weighted by atomic mass is 16.5. The first-order chi connectivity index (χ1) is 11.7. The van der Waals surface area contributed by atoms with Crippen LogP contribution in [0.25, 0.3) is 0 Å². The van der Waals surface area contributed by atoms with Crippen LogP contribution in [0.2, 0.25) is 0 Å². The normalized spacial score (nSPS) is 15.3. The van der Waals surface area contributed by atoms with Crippen LogP contribution in [0.5, 0.6) is 0 Å². The highest BCUT2D eigenvalue weighted by molar-refractivity contribution is 5.91. The summed E-state index contributed by atoms with van der Waals surface area (Å²) >= 11 is 0. The smallest absolute Gasteiger partial charge is 0.307 e. The Balaban J connectivity index is 1.88. The zero-order chi connectivity index (χ0) is 17.4. The molecule has 1 fully saturated rings. The molecule has 1 aliphatic rings. The molecule has 132 valence electrons. The fourth-order valence-corrected chi connectivity index (χ4v) is 2.46. The first-order valence-electron chi connectivity index (χ1n) is 8.08. The third kappa shape index (κ3) is 4.74. The SMILES string of the molecule is CCNC(=NCCC(=O)OC)N1CCN(C(=O)c2ccco2)CC1. The van der Waals surface area contributed by atoms with E-state index in [0.717, 1.165) is 12.5 Å². The van der Waals surface area contributed by atoms with Crippen LogP contribution in [0.1, 0.15) is 23.9 Å². The van der Waals surface area contributed by atoms with Crippen LogP contribution in [-0.2, 0) is 9.53 Å². The molecule has 8 nitrogen and oxygen atoms in total. The molecule has 0 atom stereocenters. The van der Waals surface area contributed by atoms with Crippen LogP contribution in [0, 0.1) is 0 Å². The minimum absolute atomic E-state index is 0.0905. The van der Waals surface area contributed by atoms with Crippen molar-refractivity contribution in [3.05, 3.63) is 24.2 Å². The number of amides is 1. The summed E-state index contributed by atoms with van der Waals surface area (Å²) in [5.41, 5.74) is 0. The van der Waals surface area contributed by atoms with E-state index in [0.29, 0.717) is 38.5 Å². The van der Waals surface area contributed by atoms with Crippen molar-refractivity contribution in [3.63, 3.8) is 0 Å². The van der Waals surface area contributed by atoms with Gasteiger partial charge in [0.1, 0.15) is 0 Å². The van der Waals surface area contributed by atoms with Gasteiger partial charge in [0.25, 0.3) is 5.91 Å². The predicted octanol–water partition coefficient (Wildman–Crippen LogP) is 0.566. The van der Waals surface area contributed by atoms with E-state index in [2.05, 4.69) is 19.9 Å². The summed E-state index contributed by atoms with van der Waals surface area (Å²) in [6.07, 6.45) is 1.75. The van der Waals surface area contributed by atoms with Crippen molar-refractivity contribution in [1.29, 1.82) is 0 Å². The highest BCUT2D eigenvalue weighted by Gasteiger charge is 2.25. The number of carbonyl (C=O) groups is 2. The van der Waals surface area contributed by atoms with Crippen molar-refractivity contribution < 1.29 is 18.7 Å². The second kappa shape index (κ2) is 8.95. The van der Waals surface area contributed by atoms with Crippen molar-refractivity contribution in [2.45, 2.75) is 13.3 Å². The van der Waals surface area contributed by atoms with Gasteiger partial charge in [0, 0.05) is 32.7 Å². The summed E-state index contributed by atoms with van der Waals surface area (Å²) in [6.45, 7) is 5.66. The molecule has 2 rings (SSSR count). The molecule has 0 saturated carbocycles. The quantitative estimate of drug-likeness (QED) is 0.480. The molecular formula is C16H24N4O4. The maximum Gasteiger partial charge on any atom is 0.307 e. The summed E-state index contributed by atoms with van der Waals surface area (Å²) in [7, 11) is 1.37. The van der Waals surface area contributed by atoms with Gasteiger partial charge >= 0.3 is 5.97 Å². The van der Waals surface area contributed by atoms with Crippen LogP contribution in [-0.4, -0.2) is 74.0 Å². The number of guanidine groups is 1. The van der Waals surface area contributed by atoms with Crippen LogP contribution in [0.4, 0.5) is 0 Å². The molecule has 1 amide bonds. The van der Waals surface area contributed by atoms with Gasteiger partial charge in [-0.15, -0.1) is 0 Å². The molecule has 1 aromatic heterocycles. The molecule has 1 N–H and O–H groups in total. The predicted molar refractivity (Wildman–Crippen MR) is 88.8 cm³/mol. The van der Waals surface area contributed by atoms with E-state index in [1.165, 1.54) is 13.4 Å². The summed E-state index contributed by atoms with van der Waals surface area (Å²) < 4.78 is 9.78. The Morgan fingerprint density at radius 2 is 2.00 bits per heavy atom. The molecule has 0 spiro atoms. The largest absolute Gasteiger partial charge is 0.469 e. The number of nitrogens with zero attached hydrogens (tertiary/aromatic N) is 3. The van der Waals surface area contributed by atoms with E-state index >= 15 is 0 Å². The summed E-state index contributed by atoms with van der Waals surface area (Å²) in [4.78, 5) is 31.8. The highest BCUT2D eigenvalue weighted by Crippen LogP contribution is 2.09. The second-order valence-electron chi connectivity index (χ2n) is 5.32. The number of methoxy groups -OCH3 is 1. The van der Waals surface area contributed by atoms with Crippen molar-refractivity contribution in [1.82, 2.24) is 15.1 Å². The van der Waals surface area contributed by atoms with Gasteiger partial charge in [-0.05, 0) is 19.1 Å². The van der Waals surface area contributed by atoms with Crippen LogP contribution >= 0.6 is 0 Å². The van der Waals surface area contributed by atoms with Gasteiger partial charge in [0.15, 0.2) is 11.7 Å². The second-order valence-corrected chi connectivity index (χ2v) is 5.32. The zero-order valence-corrected chi connectivity index (χ0v) is 14.2. The number of furan rings is 1. The Morgan fingerprint density at radius 1 is 1.29 bits per heavy atom. The van der Waals surface area contributed by atoms with Crippen molar-refractivity contribution in [2.24, 2.45) is 4.99 Å². The van der Waals surface area contributed by atoms with E-state index in [1.54, 1.807) is 17.0 Å². The first kappa shape index (κ1) is 17.8. The van der Waals surface area contributed by atoms with E-state index in [4.69, 9.17) is 4.42 Å². The minimum Gasteiger partial charge on any atom is -0.469 e. The average molecular weight is 336 g/mol. The molecule has 0 unspecified atom stereocenters. The number of hydrogen-bond acceptors (Lipinski definition) is 5. The van der Waals surface area contributed by atoms with Gasteiger partial charge in [-0.25, -0.2) is 0 Å². The number of carbonyl (C=O) groups excluding carboxylic acids is 2. The fraction of sp³-hybridized carbons (Fsp3) is 0.562. The minimum atomic E-state index is -0.275. The Labute approximate surface area is 141 Å². The van der Waals surface area contributed by atoms with Gasteiger partial charge in [0.2, 0.25) is 0 Å². The Kier molecular flexibility index (Phi) is 6.65. The first-order valence-corrected chi connectivity index (χ1v) is 8.08. The molecular weight excluding hydrogens is 312 g/mol. The lowest BCUT2D eigenvalue weighted by molar-refractivity contribution is -0.140. The molecule has 1 aliphatic heterocycles. The maximum atomic E-state index is 12.3. The lowest BCUT2D eigenvalue weighted by Gasteiger charge is -2.36. The van der Waals surface area contributed by atoms with Gasteiger partial charge in [-0.3, -0.25) is 14.6 Å². The average Bonchev–Trinajstić information content (AvgIpc) is 3.15. The molecule has 0 aromatic carbocycles. The number of rotatable bonds is 5. The van der Waals surface area contributed by atoms with Gasteiger partial charge in [0.05, 0.1) is 26.3 Å². The van der Waals surface area contributed by atoms with Gasteiger partial charge in [-0.1, -0.05) is 0 Å². The van der Waals surface area contributed by atoms with Crippen molar-refractivity contribution >= 4 is 17.8 Å². The Morgan fingerprint density at radius 3 is 2.58 bits per heavy atom. The molecule has 8 heteroatoms. The molecule has 0 radical (unpaired) electrons. The van der Waals surface area contributed by atoms with Crippen LogP contribution in [0.3, 0.4) is 0 Å². The zero-order valence-electron chi connectivity index (χ0n) is 14.2. The molecule has 1 aromatic rings. The van der Waals surface area contributed by atoms with Crippen molar-refractivity contribution in [3.8, 4) is 0 Å². The number of nitrogens with one attached hydrogen (secondary N) is 1. The van der Waals surface area contributed by atoms with E-state index < -0.39 is 0 Å². The number of hydrogen-bond donors (Lipinski definition) is 1. The lowest BCUT2D eigenvalue weighted by Crippen LogP contribution is -2.53. The topological polar surface area (TPSA) is 87.4 Å². The molecule has 2 heterocycles. The molecule has 0 aliphatic carbocycles. The number of esters is 1. The third-order valence-electron chi connectivity index (χ3n) is 3.74. The summed E-state index contributed by atoms with van der Waals surface area (Å²) in [5.74, 6) is 0.754. The summed E-state index contributed by atoms with van der Waals surface area (Å²) in [5, 5.41) is 3.22. The van der Waals surface area contributed by atoms with E-state index in [-0.39, 0.29) is 18.3 Å². The summed E-state index contributed by atoms with van der Waals surface area (Å²) in [6, 6.07) is 3.38. The molecule has 24 heavy (non-hydrogen) atoms.